The second kappa shape index (κ2) is 9.75. The molecular weight excluding hydrogens is 356 g/mol. The molecule has 28 heavy (non-hydrogen) atoms. The number of aliphatic carboxylic acids is 1. The first kappa shape index (κ1) is 13.6. The molecule has 0 spiro atoms. The molecule has 1 aromatic rings. The van der Waals surface area contributed by atoms with Gasteiger partial charge >= 0.3 is 5.97 Å². The normalized spacial score (nSPS) is 33.6. The van der Waals surface area contributed by atoms with E-state index in [1.807, 2.05) is 0 Å². The van der Waals surface area contributed by atoms with Crippen LogP contribution in [0, 0.1) is 17.8 Å². The molecule has 2 aliphatic carbocycles. The fourth-order valence-corrected chi connectivity index (χ4v) is 4.61. The highest BCUT2D eigenvalue weighted by atomic mass is 16.5. The third kappa shape index (κ3) is 5.06. The monoisotopic (exact) mass is 397 g/mol. The van der Waals surface area contributed by atoms with E-state index in [2.05, 4.69) is 0 Å². The molecule has 1 aromatic carbocycles. The van der Waals surface area contributed by atoms with E-state index < -0.39 is 50.3 Å². The summed E-state index contributed by atoms with van der Waals surface area (Å²) in [5.41, 5.74) is 1.07. The van der Waals surface area contributed by atoms with Crippen molar-refractivity contribution >= 4 is 5.97 Å². The molecular formula is C23H34O5. The second-order valence-corrected chi connectivity index (χ2v) is 7.87. The predicted molar refractivity (Wildman–Crippen MR) is 107 cm³/mol. The van der Waals surface area contributed by atoms with Crippen molar-refractivity contribution < 1.29 is 34.4 Å². The zero-order valence-corrected chi connectivity index (χ0v) is 15.9. The van der Waals surface area contributed by atoms with Gasteiger partial charge in [-0.25, -0.2) is 4.79 Å². The van der Waals surface area contributed by atoms with Gasteiger partial charge in [-0.05, 0) is 73.4 Å². The predicted octanol–water partition coefficient (Wildman–Crippen LogP) is 3.58. The van der Waals surface area contributed by atoms with Crippen molar-refractivity contribution in [3.63, 3.8) is 0 Å². The SMILES string of the molecule is [2H]C1([2H])c2cccc(OCC(=O)O)c2C[C@H]2C[C@@H](O)[C@H](CC[C@@H](O)CCCC([2H])([2H])C([2H])([2H])[2H])[C@H]21. The summed E-state index contributed by atoms with van der Waals surface area (Å²) in [7, 11) is 0. The quantitative estimate of drug-likeness (QED) is 0.562. The summed E-state index contributed by atoms with van der Waals surface area (Å²) in [6.45, 7) is -3.24. The van der Waals surface area contributed by atoms with Gasteiger partial charge in [0.15, 0.2) is 6.61 Å². The summed E-state index contributed by atoms with van der Waals surface area (Å²) in [5.74, 6) is -1.79. The summed E-state index contributed by atoms with van der Waals surface area (Å²) >= 11 is 0. The molecule has 3 N–H and O–H groups in total. The lowest BCUT2D eigenvalue weighted by Crippen LogP contribution is -2.28. The Kier molecular flexibility index (Phi) is 4.73. The van der Waals surface area contributed by atoms with Gasteiger partial charge in [0.25, 0.3) is 0 Å². The Morgan fingerprint density at radius 2 is 2.29 bits per heavy atom. The van der Waals surface area contributed by atoms with E-state index in [1.54, 1.807) is 18.2 Å². The first-order valence-electron chi connectivity index (χ1n) is 13.5. The molecule has 0 aromatic heterocycles. The summed E-state index contributed by atoms with van der Waals surface area (Å²) in [6, 6.07) is 4.94. The summed E-state index contributed by atoms with van der Waals surface area (Å²) < 4.78 is 60.4. The van der Waals surface area contributed by atoms with Gasteiger partial charge < -0.3 is 20.1 Å². The van der Waals surface area contributed by atoms with Crippen molar-refractivity contribution in [3.05, 3.63) is 29.3 Å². The van der Waals surface area contributed by atoms with E-state index >= 15 is 0 Å². The van der Waals surface area contributed by atoms with Crippen LogP contribution in [-0.2, 0) is 17.6 Å². The first-order chi connectivity index (χ1) is 16.1. The zero-order valence-electron chi connectivity index (χ0n) is 22.9. The maximum Gasteiger partial charge on any atom is 0.341 e. The third-order valence-electron chi connectivity index (χ3n) is 5.95. The van der Waals surface area contributed by atoms with Crippen LogP contribution in [0.5, 0.6) is 5.75 Å². The lowest BCUT2D eigenvalue weighted by Gasteiger charge is -2.32. The minimum atomic E-state index is -2.72. The molecule has 5 heteroatoms. The summed E-state index contributed by atoms with van der Waals surface area (Å²) in [6.07, 6.45) is -3.84. The van der Waals surface area contributed by atoms with E-state index in [1.165, 1.54) is 0 Å². The van der Waals surface area contributed by atoms with E-state index in [0.717, 1.165) is 0 Å². The number of carboxylic acids is 1. The standard InChI is InChI=1S/C23H34O5/c1-2-3-4-7-17(24)9-10-18-19-11-15-6-5-8-22(28-14-23(26)27)20(15)12-16(19)13-21(18)25/h5-6,8,16-19,21,24-25H,2-4,7,9-14H2,1H3,(H,26,27)/t16-,17-,18+,19-,21+/m0/s1/i1D3,2D2,11D2. The summed E-state index contributed by atoms with van der Waals surface area (Å²) in [4.78, 5) is 10.9. The molecule has 5 atom stereocenters. The lowest BCUT2D eigenvalue weighted by molar-refractivity contribution is -0.139. The number of fused-ring (bicyclic) bond motifs is 2. The van der Waals surface area contributed by atoms with Crippen LogP contribution >= 0.6 is 0 Å². The van der Waals surface area contributed by atoms with Crippen molar-refractivity contribution in [2.75, 3.05) is 6.61 Å². The Hall–Kier alpha value is -1.59. The number of rotatable bonds is 10. The third-order valence-corrected chi connectivity index (χ3v) is 5.95. The maximum absolute atomic E-state index is 10.9. The molecule has 0 amide bonds. The van der Waals surface area contributed by atoms with Gasteiger partial charge in [-0.3, -0.25) is 0 Å². The number of ether oxygens (including phenoxy) is 1. The smallest absolute Gasteiger partial charge is 0.341 e. The maximum atomic E-state index is 10.9. The number of benzene rings is 1. The Balaban J connectivity index is 1.66. The van der Waals surface area contributed by atoms with Crippen LogP contribution in [0.25, 0.3) is 0 Å². The number of aliphatic hydroxyl groups is 2. The van der Waals surface area contributed by atoms with Crippen molar-refractivity contribution in [2.45, 2.75) is 76.8 Å². The van der Waals surface area contributed by atoms with Crippen LogP contribution in [0.1, 0.15) is 72.5 Å². The van der Waals surface area contributed by atoms with Crippen LogP contribution in [0.2, 0.25) is 0 Å². The van der Waals surface area contributed by atoms with Crippen molar-refractivity contribution in [2.24, 2.45) is 17.8 Å². The van der Waals surface area contributed by atoms with Crippen LogP contribution in [0.15, 0.2) is 18.2 Å². The molecule has 0 heterocycles. The van der Waals surface area contributed by atoms with Crippen LogP contribution in [0.4, 0.5) is 0 Å². The van der Waals surface area contributed by atoms with Crippen molar-refractivity contribution in [1.82, 2.24) is 0 Å². The fraction of sp³-hybridized carbons (Fsp3) is 0.696. The molecule has 1 fully saturated rings. The molecule has 0 radical (unpaired) electrons. The van der Waals surface area contributed by atoms with Gasteiger partial charge in [-0.2, -0.15) is 0 Å². The topological polar surface area (TPSA) is 87.0 Å². The summed E-state index contributed by atoms with van der Waals surface area (Å²) in [5, 5.41) is 30.1. The van der Waals surface area contributed by atoms with E-state index in [0.29, 0.717) is 42.6 Å². The minimum absolute atomic E-state index is 0.157. The van der Waals surface area contributed by atoms with Crippen LogP contribution in [-0.4, -0.2) is 40.1 Å². The number of hydrogen-bond acceptors (Lipinski definition) is 4. The number of hydrogen-bond donors (Lipinski definition) is 3. The van der Waals surface area contributed by atoms with E-state index in [4.69, 9.17) is 19.4 Å². The highest BCUT2D eigenvalue weighted by Crippen LogP contribution is 2.48. The second-order valence-electron chi connectivity index (χ2n) is 7.87. The Morgan fingerprint density at radius 1 is 1.43 bits per heavy atom. The van der Waals surface area contributed by atoms with Gasteiger partial charge in [0.05, 0.1) is 12.2 Å². The number of carbonyl (C=O) groups is 1. The zero-order chi connectivity index (χ0) is 26.2. The van der Waals surface area contributed by atoms with Gasteiger partial charge in [0.2, 0.25) is 0 Å². The molecule has 0 saturated heterocycles. The molecule has 0 aliphatic heterocycles. The van der Waals surface area contributed by atoms with Crippen molar-refractivity contribution in [3.8, 4) is 5.75 Å². The average Bonchev–Trinajstić information content (AvgIpc) is 3.05. The van der Waals surface area contributed by atoms with Crippen molar-refractivity contribution in [1.29, 1.82) is 0 Å². The minimum Gasteiger partial charge on any atom is -0.482 e. The Labute approximate surface area is 177 Å². The Bertz CT molecular complexity index is 905. The highest BCUT2D eigenvalue weighted by Gasteiger charge is 2.44. The van der Waals surface area contributed by atoms with Crippen LogP contribution < -0.4 is 4.74 Å². The highest BCUT2D eigenvalue weighted by molar-refractivity contribution is 5.68. The number of carboxylic acid groups (broad SMARTS) is 1. The molecule has 0 unspecified atom stereocenters. The average molecular weight is 398 g/mol. The molecule has 156 valence electrons. The van der Waals surface area contributed by atoms with Gasteiger partial charge in [-0.1, -0.05) is 38.2 Å². The van der Waals surface area contributed by atoms with E-state index in [9.17, 15) is 15.0 Å². The molecule has 1 saturated carbocycles. The van der Waals surface area contributed by atoms with Gasteiger partial charge in [-0.15, -0.1) is 0 Å². The van der Waals surface area contributed by atoms with Gasteiger partial charge in [0, 0.05) is 9.60 Å². The lowest BCUT2D eigenvalue weighted by atomic mass is 9.73. The molecule has 2 aliphatic rings. The van der Waals surface area contributed by atoms with E-state index in [-0.39, 0.29) is 31.1 Å². The molecule has 3 rings (SSSR count). The van der Waals surface area contributed by atoms with Crippen LogP contribution in [0.3, 0.4) is 0 Å². The first-order valence-corrected chi connectivity index (χ1v) is 9.98. The Morgan fingerprint density at radius 3 is 3.07 bits per heavy atom. The van der Waals surface area contributed by atoms with Gasteiger partial charge in [0.1, 0.15) is 5.75 Å². The largest absolute Gasteiger partial charge is 0.482 e. The molecule has 0 bridgehead atoms. The number of aliphatic hydroxyl groups excluding tert-OH is 2. The molecule has 5 nitrogen and oxygen atoms in total. The fourth-order valence-electron chi connectivity index (χ4n) is 4.61.